The SMILES string of the molecule is CC(C)(C)OC(=O)N1c2c(Br)cc(I)cc2CCC1c1ccc(Cl)cc1. The van der Waals surface area contributed by atoms with Gasteiger partial charge in [0.05, 0.1) is 11.7 Å². The summed E-state index contributed by atoms with van der Waals surface area (Å²) in [5, 5.41) is 0.685. The standard InChI is InChI=1S/C20H20BrClINO2/c1-20(2,3)26-19(25)24-17(12-4-7-14(22)8-5-12)9-6-13-10-15(23)11-16(21)18(13)24/h4-5,7-8,10-11,17H,6,9H2,1-3H3. The molecule has 1 heterocycles. The molecule has 0 spiro atoms. The summed E-state index contributed by atoms with van der Waals surface area (Å²) in [7, 11) is 0. The number of carbonyl (C=O) groups excluding carboxylic acids is 1. The second kappa shape index (κ2) is 7.68. The molecule has 1 amide bonds. The van der Waals surface area contributed by atoms with E-state index in [0.29, 0.717) is 5.02 Å². The van der Waals surface area contributed by atoms with Gasteiger partial charge in [0.15, 0.2) is 0 Å². The molecule has 0 saturated heterocycles. The van der Waals surface area contributed by atoms with Crippen LogP contribution in [0.3, 0.4) is 0 Å². The fourth-order valence-corrected chi connectivity index (χ4v) is 5.12. The van der Waals surface area contributed by atoms with Crippen LogP contribution in [0.15, 0.2) is 40.9 Å². The molecule has 0 saturated carbocycles. The second-order valence-corrected chi connectivity index (χ2v) is 9.89. The minimum absolute atomic E-state index is 0.0917. The van der Waals surface area contributed by atoms with Gasteiger partial charge in [-0.2, -0.15) is 0 Å². The summed E-state index contributed by atoms with van der Waals surface area (Å²) in [5.41, 5.74) is 2.54. The van der Waals surface area contributed by atoms with Crippen molar-refractivity contribution in [2.45, 2.75) is 45.3 Å². The molecular weight excluding hydrogens is 528 g/mol. The lowest BCUT2D eigenvalue weighted by atomic mass is 9.91. The summed E-state index contributed by atoms with van der Waals surface area (Å²) in [6.45, 7) is 5.65. The Kier molecular flexibility index (Phi) is 5.89. The molecule has 26 heavy (non-hydrogen) atoms. The van der Waals surface area contributed by atoms with Gasteiger partial charge in [-0.05, 0) is 108 Å². The molecule has 1 unspecified atom stereocenters. The highest BCUT2D eigenvalue weighted by Gasteiger charge is 2.36. The Balaban J connectivity index is 2.10. The number of halogens is 3. The van der Waals surface area contributed by atoms with Crippen LogP contribution in [0.25, 0.3) is 0 Å². The van der Waals surface area contributed by atoms with Crippen molar-refractivity contribution < 1.29 is 9.53 Å². The normalized spacial score (nSPS) is 17.0. The van der Waals surface area contributed by atoms with E-state index in [1.807, 2.05) is 51.1 Å². The zero-order valence-electron chi connectivity index (χ0n) is 14.9. The van der Waals surface area contributed by atoms with Crippen LogP contribution in [-0.2, 0) is 11.2 Å². The van der Waals surface area contributed by atoms with Gasteiger partial charge in [0.1, 0.15) is 5.60 Å². The largest absolute Gasteiger partial charge is 0.443 e. The Morgan fingerprint density at radius 1 is 1.27 bits per heavy atom. The van der Waals surface area contributed by atoms with Crippen molar-refractivity contribution >= 4 is 61.9 Å². The van der Waals surface area contributed by atoms with E-state index < -0.39 is 5.60 Å². The van der Waals surface area contributed by atoms with Gasteiger partial charge < -0.3 is 4.74 Å². The molecule has 1 aliphatic rings. The third-order valence-corrected chi connectivity index (χ3v) is 5.67. The third-order valence-electron chi connectivity index (χ3n) is 4.19. The molecule has 1 aliphatic heterocycles. The average molecular weight is 549 g/mol. The average Bonchev–Trinajstić information content (AvgIpc) is 2.53. The summed E-state index contributed by atoms with van der Waals surface area (Å²) in [6.07, 6.45) is 1.40. The Bertz CT molecular complexity index is 833. The molecule has 3 nitrogen and oxygen atoms in total. The van der Waals surface area contributed by atoms with Crippen LogP contribution in [0.5, 0.6) is 0 Å². The lowest BCUT2D eigenvalue weighted by Gasteiger charge is -2.39. The highest BCUT2D eigenvalue weighted by molar-refractivity contribution is 14.1. The first kappa shape index (κ1) is 20.0. The number of hydrogen-bond donors (Lipinski definition) is 0. The predicted octanol–water partition coefficient (Wildman–Crippen LogP) is 7.14. The third kappa shape index (κ3) is 4.37. The van der Waals surface area contributed by atoms with Gasteiger partial charge >= 0.3 is 6.09 Å². The maximum absolute atomic E-state index is 13.1. The van der Waals surface area contributed by atoms with E-state index in [0.717, 1.165) is 37.7 Å². The van der Waals surface area contributed by atoms with Gasteiger partial charge in [-0.25, -0.2) is 4.79 Å². The summed E-state index contributed by atoms with van der Waals surface area (Å²) in [4.78, 5) is 14.9. The van der Waals surface area contributed by atoms with E-state index in [4.69, 9.17) is 16.3 Å². The molecule has 6 heteroatoms. The Hall–Kier alpha value is -0.790. The first-order valence-electron chi connectivity index (χ1n) is 8.41. The number of anilines is 1. The van der Waals surface area contributed by atoms with Gasteiger partial charge in [0.25, 0.3) is 0 Å². The zero-order valence-corrected chi connectivity index (χ0v) is 19.4. The minimum Gasteiger partial charge on any atom is -0.443 e. The van der Waals surface area contributed by atoms with Gasteiger partial charge in [-0.1, -0.05) is 23.7 Å². The van der Waals surface area contributed by atoms with Crippen molar-refractivity contribution in [1.29, 1.82) is 0 Å². The Labute approximate surface area is 181 Å². The molecule has 0 fully saturated rings. The molecule has 138 valence electrons. The molecule has 2 aromatic rings. The van der Waals surface area contributed by atoms with E-state index >= 15 is 0 Å². The van der Waals surface area contributed by atoms with E-state index in [1.54, 1.807) is 4.90 Å². The molecule has 0 N–H and O–H groups in total. The van der Waals surface area contributed by atoms with Crippen molar-refractivity contribution in [2.75, 3.05) is 4.90 Å². The smallest absolute Gasteiger partial charge is 0.415 e. The van der Waals surface area contributed by atoms with Crippen LogP contribution >= 0.6 is 50.1 Å². The van der Waals surface area contributed by atoms with Gasteiger partial charge in [-0.15, -0.1) is 0 Å². The second-order valence-electron chi connectivity index (χ2n) is 7.35. The fraction of sp³-hybridized carbons (Fsp3) is 0.350. The molecule has 0 radical (unpaired) electrons. The Morgan fingerprint density at radius 3 is 2.54 bits per heavy atom. The van der Waals surface area contributed by atoms with Crippen molar-refractivity contribution in [3.05, 3.63) is 60.6 Å². The lowest BCUT2D eigenvalue weighted by molar-refractivity contribution is 0.0559. The number of rotatable bonds is 1. The summed E-state index contributed by atoms with van der Waals surface area (Å²) >= 11 is 12.0. The van der Waals surface area contributed by atoms with Crippen LogP contribution in [0.1, 0.15) is 44.4 Å². The number of hydrogen-bond acceptors (Lipinski definition) is 2. The molecule has 0 aliphatic carbocycles. The lowest BCUT2D eigenvalue weighted by Crippen LogP contribution is -2.42. The van der Waals surface area contributed by atoms with E-state index in [2.05, 4.69) is 44.6 Å². The van der Waals surface area contributed by atoms with Gasteiger partial charge in [-0.3, -0.25) is 4.90 Å². The summed E-state index contributed by atoms with van der Waals surface area (Å²) in [6, 6.07) is 11.8. The van der Waals surface area contributed by atoms with E-state index in [-0.39, 0.29) is 12.1 Å². The predicted molar refractivity (Wildman–Crippen MR) is 118 cm³/mol. The maximum atomic E-state index is 13.1. The summed E-state index contributed by atoms with van der Waals surface area (Å²) < 4.78 is 7.78. The number of aryl methyl sites for hydroxylation is 1. The fourth-order valence-electron chi connectivity index (χ4n) is 3.19. The van der Waals surface area contributed by atoms with Crippen molar-refractivity contribution in [3.8, 4) is 0 Å². The topological polar surface area (TPSA) is 29.5 Å². The van der Waals surface area contributed by atoms with Crippen molar-refractivity contribution in [3.63, 3.8) is 0 Å². The number of benzene rings is 2. The van der Waals surface area contributed by atoms with Crippen LogP contribution in [-0.4, -0.2) is 11.7 Å². The van der Waals surface area contributed by atoms with Crippen molar-refractivity contribution in [1.82, 2.24) is 0 Å². The zero-order chi connectivity index (χ0) is 19.1. The monoisotopic (exact) mass is 547 g/mol. The molecule has 0 aromatic heterocycles. The minimum atomic E-state index is -0.561. The molecule has 2 aromatic carbocycles. The highest BCUT2D eigenvalue weighted by Crippen LogP contribution is 2.44. The number of nitrogens with zero attached hydrogens (tertiary/aromatic N) is 1. The highest BCUT2D eigenvalue weighted by atomic mass is 127. The molecule has 3 rings (SSSR count). The molecule has 1 atom stereocenters. The van der Waals surface area contributed by atoms with Gasteiger partial charge in [0.2, 0.25) is 0 Å². The van der Waals surface area contributed by atoms with E-state index in [9.17, 15) is 4.79 Å². The van der Waals surface area contributed by atoms with Crippen LogP contribution < -0.4 is 4.90 Å². The maximum Gasteiger partial charge on any atom is 0.415 e. The number of carbonyl (C=O) groups is 1. The first-order valence-corrected chi connectivity index (χ1v) is 10.7. The van der Waals surface area contributed by atoms with E-state index in [1.165, 1.54) is 0 Å². The number of amides is 1. The molecular formula is C20H20BrClINO2. The van der Waals surface area contributed by atoms with Crippen LogP contribution in [0, 0.1) is 3.57 Å². The molecule has 0 bridgehead atoms. The van der Waals surface area contributed by atoms with Gasteiger partial charge in [0, 0.05) is 13.1 Å². The van der Waals surface area contributed by atoms with Crippen molar-refractivity contribution in [2.24, 2.45) is 0 Å². The number of ether oxygens (including phenoxy) is 1. The van der Waals surface area contributed by atoms with Crippen LogP contribution in [0.4, 0.5) is 10.5 Å². The first-order chi connectivity index (χ1) is 12.2. The Morgan fingerprint density at radius 2 is 1.92 bits per heavy atom. The quantitative estimate of drug-likeness (QED) is 0.355. The van der Waals surface area contributed by atoms with Crippen LogP contribution in [0.2, 0.25) is 5.02 Å². The summed E-state index contributed by atoms with van der Waals surface area (Å²) in [5.74, 6) is 0. The number of fused-ring (bicyclic) bond motifs is 1.